The molecule has 1 unspecified atom stereocenters. The summed E-state index contributed by atoms with van der Waals surface area (Å²) in [6.45, 7) is 11.7. The quantitative estimate of drug-likeness (QED) is 0.723. The molecule has 2 heterocycles. The van der Waals surface area contributed by atoms with Gasteiger partial charge in [-0.1, -0.05) is 17.3 Å². The maximum absolute atomic E-state index is 12.4. The van der Waals surface area contributed by atoms with Gasteiger partial charge in [0.1, 0.15) is 0 Å². The molecule has 0 aromatic carbocycles. The minimum Gasteiger partial charge on any atom is -0.359 e. The molecule has 1 amide bonds. The number of rotatable bonds is 7. The van der Waals surface area contributed by atoms with E-state index in [9.17, 15) is 4.79 Å². The lowest BCUT2D eigenvalue weighted by molar-refractivity contribution is -0.131. The lowest BCUT2D eigenvalue weighted by Crippen LogP contribution is -2.40. The van der Waals surface area contributed by atoms with Gasteiger partial charge in [-0.3, -0.25) is 9.69 Å². The first-order valence-corrected chi connectivity index (χ1v) is 7.32. The molecular weight excluding hydrogens is 266 g/mol. The Morgan fingerprint density at radius 3 is 2.81 bits per heavy atom. The van der Waals surface area contributed by atoms with Gasteiger partial charge in [0.2, 0.25) is 5.91 Å². The molecule has 1 aliphatic rings. The van der Waals surface area contributed by atoms with E-state index in [0.29, 0.717) is 19.6 Å². The largest absolute Gasteiger partial charge is 0.359 e. The van der Waals surface area contributed by atoms with Crippen molar-refractivity contribution in [1.82, 2.24) is 15.0 Å². The number of nitrogens with zero attached hydrogens (tertiary/aromatic N) is 3. The van der Waals surface area contributed by atoms with Crippen molar-refractivity contribution < 1.29 is 9.32 Å². The fraction of sp³-hybridized carbons (Fsp3) is 0.500. The number of aromatic nitrogens is 1. The zero-order valence-electron chi connectivity index (χ0n) is 12.6. The van der Waals surface area contributed by atoms with Gasteiger partial charge in [0.15, 0.2) is 5.76 Å². The van der Waals surface area contributed by atoms with Crippen molar-refractivity contribution >= 4 is 5.91 Å². The highest BCUT2D eigenvalue weighted by molar-refractivity contribution is 5.78. The van der Waals surface area contributed by atoms with Crippen LogP contribution in [0.4, 0.5) is 0 Å². The van der Waals surface area contributed by atoms with Crippen LogP contribution >= 0.6 is 0 Å². The summed E-state index contributed by atoms with van der Waals surface area (Å²) in [5.41, 5.74) is 0.878. The van der Waals surface area contributed by atoms with Gasteiger partial charge < -0.3 is 9.42 Å². The highest BCUT2D eigenvalue weighted by Crippen LogP contribution is 2.31. The Hall–Kier alpha value is -1.88. The summed E-state index contributed by atoms with van der Waals surface area (Å²) in [4.78, 5) is 16.3. The fourth-order valence-corrected chi connectivity index (χ4v) is 2.74. The summed E-state index contributed by atoms with van der Waals surface area (Å²) in [5, 5.41) is 3.95. The molecule has 1 fully saturated rings. The third kappa shape index (κ3) is 3.82. The van der Waals surface area contributed by atoms with Crippen molar-refractivity contribution in [3.05, 3.63) is 42.8 Å². The third-order valence-electron chi connectivity index (χ3n) is 3.73. The van der Waals surface area contributed by atoms with E-state index in [1.807, 2.05) is 13.0 Å². The molecule has 21 heavy (non-hydrogen) atoms. The van der Waals surface area contributed by atoms with Gasteiger partial charge in [-0.2, -0.15) is 0 Å². The topological polar surface area (TPSA) is 49.6 Å². The number of hydrogen-bond acceptors (Lipinski definition) is 4. The minimum atomic E-state index is 0.0953. The Morgan fingerprint density at radius 2 is 2.24 bits per heavy atom. The van der Waals surface area contributed by atoms with Crippen LogP contribution in [0.15, 0.2) is 35.9 Å². The van der Waals surface area contributed by atoms with Crippen molar-refractivity contribution in [1.29, 1.82) is 0 Å². The van der Waals surface area contributed by atoms with Crippen molar-refractivity contribution in [3.63, 3.8) is 0 Å². The van der Waals surface area contributed by atoms with Crippen LogP contribution in [-0.4, -0.2) is 47.0 Å². The van der Waals surface area contributed by atoms with Gasteiger partial charge in [-0.05, 0) is 26.3 Å². The number of carbonyl (C=O) groups is 1. The van der Waals surface area contributed by atoms with Gasteiger partial charge in [-0.25, -0.2) is 0 Å². The van der Waals surface area contributed by atoms with Gasteiger partial charge in [0.05, 0.1) is 18.3 Å². The number of carbonyl (C=O) groups excluding carboxylic acids is 1. The van der Waals surface area contributed by atoms with E-state index in [2.05, 4.69) is 23.2 Å². The van der Waals surface area contributed by atoms with Crippen LogP contribution < -0.4 is 0 Å². The van der Waals surface area contributed by atoms with E-state index in [0.717, 1.165) is 30.8 Å². The van der Waals surface area contributed by atoms with Crippen molar-refractivity contribution in [2.75, 3.05) is 26.2 Å². The van der Waals surface area contributed by atoms with Crippen LogP contribution in [0.2, 0.25) is 0 Å². The average molecular weight is 289 g/mol. The lowest BCUT2D eigenvalue weighted by Gasteiger charge is -2.26. The molecule has 1 saturated heterocycles. The summed E-state index contributed by atoms with van der Waals surface area (Å²) in [5.74, 6) is 0.953. The first-order chi connectivity index (χ1) is 10.2. The maximum Gasteiger partial charge on any atom is 0.237 e. The highest BCUT2D eigenvalue weighted by atomic mass is 16.5. The summed E-state index contributed by atoms with van der Waals surface area (Å²) in [6, 6.07) is 2.11. The first-order valence-electron chi connectivity index (χ1n) is 7.32. The van der Waals surface area contributed by atoms with Gasteiger partial charge >= 0.3 is 0 Å². The normalized spacial score (nSPS) is 18.6. The van der Waals surface area contributed by atoms with Gasteiger partial charge in [0, 0.05) is 19.2 Å². The molecule has 1 aromatic rings. The van der Waals surface area contributed by atoms with Crippen LogP contribution in [0.5, 0.6) is 0 Å². The maximum atomic E-state index is 12.4. The molecule has 0 saturated carbocycles. The fourth-order valence-electron chi connectivity index (χ4n) is 2.74. The second-order valence-corrected chi connectivity index (χ2v) is 5.38. The van der Waals surface area contributed by atoms with Gasteiger partial charge in [-0.15, -0.1) is 13.2 Å². The molecule has 5 heteroatoms. The number of amides is 1. The smallest absolute Gasteiger partial charge is 0.237 e. The number of likely N-dealkylation sites (tertiary alicyclic amines) is 1. The van der Waals surface area contributed by atoms with Crippen LogP contribution in [0.3, 0.4) is 0 Å². The standard InChI is InChI=1S/C16H23N3O2/c1-4-8-18(9-5-2)16(20)12-19-10-6-7-14(19)15-11-13(3)17-21-15/h4-5,11,14H,1-2,6-10,12H2,3H3. The summed E-state index contributed by atoms with van der Waals surface area (Å²) >= 11 is 0. The van der Waals surface area contributed by atoms with Crippen molar-refractivity contribution in [2.45, 2.75) is 25.8 Å². The zero-order valence-corrected chi connectivity index (χ0v) is 12.6. The Bertz CT molecular complexity index is 499. The third-order valence-corrected chi connectivity index (χ3v) is 3.73. The lowest BCUT2D eigenvalue weighted by atomic mass is 10.1. The van der Waals surface area contributed by atoms with Crippen LogP contribution in [0.1, 0.15) is 30.3 Å². The van der Waals surface area contributed by atoms with E-state index in [-0.39, 0.29) is 11.9 Å². The SMILES string of the molecule is C=CCN(CC=C)C(=O)CN1CCCC1c1cc(C)no1. The molecule has 1 aliphatic heterocycles. The average Bonchev–Trinajstić information content (AvgIpc) is 3.07. The molecule has 0 spiro atoms. The van der Waals surface area contributed by atoms with Crippen LogP contribution in [0.25, 0.3) is 0 Å². The minimum absolute atomic E-state index is 0.0953. The summed E-state index contributed by atoms with van der Waals surface area (Å²) < 4.78 is 5.37. The van der Waals surface area contributed by atoms with E-state index < -0.39 is 0 Å². The Kier molecular flexibility index (Phi) is 5.33. The second-order valence-electron chi connectivity index (χ2n) is 5.38. The van der Waals surface area contributed by atoms with E-state index in [1.54, 1.807) is 17.1 Å². The summed E-state index contributed by atoms with van der Waals surface area (Å²) in [6.07, 6.45) is 5.55. The van der Waals surface area contributed by atoms with Crippen molar-refractivity contribution in [2.24, 2.45) is 0 Å². The van der Waals surface area contributed by atoms with E-state index in [1.165, 1.54) is 0 Å². The Labute approximate surface area is 125 Å². The van der Waals surface area contributed by atoms with Crippen LogP contribution in [0, 0.1) is 6.92 Å². The molecule has 2 rings (SSSR count). The molecule has 0 N–H and O–H groups in total. The molecule has 0 bridgehead atoms. The first kappa shape index (κ1) is 15.5. The zero-order chi connectivity index (χ0) is 15.2. The predicted molar refractivity (Wildman–Crippen MR) is 81.8 cm³/mol. The second kappa shape index (κ2) is 7.22. The Balaban J connectivity index is 2.01. The van der Waals surface area contributed by atoms with E-state index >= 15 is 0 Å². The number of aryl methyl sites for hydroxylation is 1. The molecule has 1 aromatic heterocycles. The summed E-state index contributed by atoms with van der Waals surface area (Å²) in [7, 11) is 0. The molecule has 5 nitrogen and oxygen atoms in total. The Morgan fingerprint density at radius 1 is 1.52 bits per heavy atom. The molecule has 1 atom stereocenters. The number of hydrogen-bond donors (Lipinski definition) is 0. The van der Waals surface area contributed by atoms with E-state index in [4.69, 9.17) is 4.52 Å². The molecule has 114 valence electrons. The van der Waals surface area contributed by atoms with Crippen molar-refractivity contribution in [3.8, 4) is 0 Å². The molecule has 0 aliphatic carbocycles. The highest BCUT2D eigenvalue weighted by Gasteiger charge is 2.31. The molecular formula is C16H23N3O2. The monoisotopic (exact) mass is 289 g/mol. The molecule has 0 radical (unpaired) electrons. The van der Waals surface area contributed by atoms with Gasteiger partial charge in [0.25, 0.3) is 0 Å². The van der Waals surface area contributed by atoms with Crippen LogP contribution in [-0.2, 0) is 4.79 Å². The predicted octanol–water partition coefficient (Wildman–Crippen LogP) is 2.32.